The fourth-order valence-electron chi connectivity index (χ4n) is 3.80. The maximum absolute atomic E-state index is 12.8. The molecule has 3 nitrogen and oxygen atoms in total. The molecule has 0 N–H and O–H groups in total. The summed E-state index contributed by atoms with van der Waals surface area (Å²) in [6, 6.07) is 7.15. The summed E-state index contributed by atoms with van der Waals surface area (Å²) in [7, 11) is 0. The van der Waals surface area contributed by atoms with E-state index in [9.17, 15) is 9.59 Å². The first-order valence-corrected chi connectivity index (χ1v) is 7.30. The molecule has 0 amide bonds. The van der Waals surface area contributed by atoms with E-state index < -0.39 is 0 Å². The van der Waals surface area contributed by atoms with Crippen molar-refractivity contribution in [1.82, 2.24) is 0 Å². The Kier molecular flexibility index (Phi) is 2.64. The molecule has 1 fully saturated rings. The van der Waals surface area contributed by atoms with E-state index in [1.54, 1.807) is 12.1 Å². The Morgan fingerprint density at radius 3 is 2.45 bits per heavy atom. The van der Waals surface area contributed by atoms with E-state index in [1.165, 1.54) is 0 Å². The van der Waals surface area contributed by atoms with Crippen LogP contribution in [0.2, 0.25) is 0 Å². The van der Waals surface area contributed by atoms with E-state index in [0.29, 0.717) is 23.3 Å². The van der Waals surface area contributed by atoms with Gasteiger partial charge in [-0.2, -0.15) is 0 Å². The number of carbonyl (C=O) groups is 2. The molecule has 102 valence electrons. The molecule has 1 aromatic carbocycles. The molecular formula is C17H16O3. The second-order valence-electron chi connectivity index (χ2n) is 5.84. The third-order valence-corrected chi connectivity index (χ3v) is 4.78. The highest BCUT2D eigenvalue weighted by molar-refractivity contribution is 6.27. The van der Waals surface area contributed by atoms with Crippen LogP contribution in [-0.4, -0.2) is 24.3 Å². The number of fused-ring (bicyclic) bond motifs is 3. The summed E-state index contributed by atoms with van der Waals surface area (Å²) >= 11 is 0. The molecule has 0 spiro atoms. The highest BCUT2D eigenvalue weighted by atomic mass is 16.5. The number of ketones is 2. The van der Waals surface area contributed by atoms with E-state index in [2.05, 4.69) is 0 Å². The lowest BCUT2D eigenvalue weighted by atomic mass is 9.71. The van der Waals surface area contributed by atoms with Crippen LogP contribution >= 0.6 is 0 Å². The molecule has 1 aliphatic heterocycles. The Balaban J connectivity index is 1.87. The minimum absolute atomic E-state index is 0.0146. The van der Waals surface area contributed by atoms with Crippen molar-refractivity contribution in [3.05, 3.63) is 46.5 Å². The molecule has 0 aromatic heterocycles. The Bertz CT molecular complexity index is 641. The van der Waals surface area contributed by atoms with Crippen molar-refractivity contribution in [2.75, 3.05) is 6.61 Å². The molecule has 0 unspecified atom stereocenters. The van der Waals surface area contributed by atoms with Crippen LogP contribution in [0.5, 0.6) is 0 Å². The summed E-state index contributed by atoms with van der Waals surface area (Å²) in [6.45, 7) is 0.301. The van der Waals surface area contributed by atoms with Gasteiger partial charge in [0.25, 0.3) is 0 Å². The lowest BCUT2D eigenvalue weighted by Gasteiger charge is -2.39. The van der Waals surface area contributed by atoms with Crippen LogP contribution in [0.15, 0.2) is 35.4 Å². The quantitative estimate of drug-likeness (QED) is 0.726. The summed E-state index contributed by atoms with van der Waals surface area (Å²) in [5.74, 6) is 0.159. The van der Waals surface area contributed by atoms with Crippen LogP contribution in [0, 0.1) is 5.92 Å². The summed E-state index contributed by atoms with van der Waals surface area (Å²) in [5, 5.41) is 0. The van der Waals surface area contributed by atoms with Gasteiger partial charge >= 0.3 is 0 Å². The standard InChI is InChI=1S/C17H16O3/c18-16-10-5-1-2-6-11(10)17(19)15-12-7-3-4-8-14(12)20-9-13(15)16/h1-2,5-6,12,14H,3-4,7-9H2/t12-,14+/m0/s1. The van der Waals surface area contributed by atoms with E-state index in [1.807, 2.05) is 12.1 Å². The Morgan fingerprint density at radius 1 is 0.950 bits per heavy atom. The van der Waals surface area contributed by atoms with Gasteiger partial charge in [0.1, 0.15) is 0 Å². The molecule has 3 aliphatic rings. The lowest BCUT2D eigenvalue weighted by molar-refractivity contribution is -0.00149. The number of hydrogen-bond donors (Lipinski definition) is 0. The monoisotopic (exact) mass is 268 g/mol. The van der Waals surface area contributed by atoms with Crippen LogP contribution in [0.25, 0.3) is 0 Å². The van der Waals surface area contributed by atoms with Crippen LogP contribution in [0.3, 0.4) is 0 Å². The van der Waals surface area contributed by atoms with Crippen molar-refractivity contribution in [3.8, 4) is 0 Å². The van der Waals surface area contributed by atoms with Gasteiger partial charge in [0.05, 0.1) is 12.7 Å². The van der Waals surface area contributed by atoms with E-state index in [4.69, 9.17) is 4.74 Å². The summed E-state index contributed by atoms with van der Waals surface area (Å²) < 4.78 is 5.85. The lowest BCUT2D eigenvalue weighted by Crippen LogP contribution is -2.41. The number of hydrogen-bond acceptors (Lipinski definition) is 3. The molecule has 1 aromatic rings. The number of carbonyl (C=O) groups excluding carboxylic acids is 2. The van der Waals surface area contributed by atoms with Gasteiger partial charge in [-0.15, -0.1) is 0 Å². The molecule has 3 heteroatoms. The van der Waals surface area contributed by atoms with Gasteiger partial charge in [-0.1, -0.05) is 37.1 Å². The van der Waals surface area contributed by atoms with Gasteiger partial charge in [0.2, 0.25) is 0 Å². The molecule has 0 bridgehead atoms. The number of ether oxygens (including phenoxy) is 1. The predicted molar refractivity (Wildman–Crippen MR) is 73.8 cm³/mol. The van der Waals surface area contributed by atoms with Crippen molar-refractivity contribution in [2.45, 2.75) is 31.8 Å². The van der Waals surface area contributed by atoms with Gasteiger partial charge in [-0.3, -0.25) is 9.59 Å². The molecular weight excluding hydrogens is 252 g/mol. The number of benzene rings is 1. The summed E-state index contributed by atoms with van der Waals surface area (Å²) in [5.41, 5.74) is 2.47. The molecule has 0 radical (unpaired) electrons. The first-order chi connectivity index (χ1) is 9.77. The molecule has 1 heterocycles. The molecule has 1 saturated carbocycles. The third-order valence-electron chi connectivity index (χ3n) is 4.78. The second kappa shape index (κ2) is 4.38. The summed E-state index contributed by atoms with van der Waals surface area (Å²) in [4.78, 5) is 25.4. The zero-order valence-corrected chi connectivity index (χ0v) is 11.2. The van der Waals surface area contributed by atoms with Crippen molar-refractivity contribution in [2.24, 2.45) is 5.92 Å². The Morgan fingerprint density at radius 2 is 1.65 bits per heavy atom. The van der Waals surface area contributed by atoms with Crippen LogP contribution in [-0.2, 0) is 4.74 Å². The largest absolute Gasteiger partial charge is 0.373 e. The van der Waals surface area contributed by atoms with Gasteiger partial charge in [0.15, 0.2) is 11.6 Å². The second-order valence-corrected chi connectivity index (χ2v) is 5.84. The van der Waals surface area contributed by atoms with Gasteiger partial charge in [0, 0.05) is 28.2 Å². The fourth-order valence-corrected chi connectivity index (χ4v) is 3.80. The zero-order chi connectivity index (χ0) is 13.7. The molecule has 2 atom stereocenters. The topological polar surface area (TPSA) is 43.4 Å². The normalized spacial score (nSPS) is 28.8. The first-order valence-electron chi connectivity index (χ1n) is 7.30. The predicted octanol–water partition coefficient (Wildman–Crippen LogP) is 2.95. The minimum atomic E-state index is -0.0146. The zero-order valence-electron chi connectivity index (χ0n) is 11.2. The van der Waals surface area contributed by atoms with Gasteiger partial charge in [-0.25, -0.2) is 0 Å². The van der Waals surface area contributed by atoms with Crippen LogP contribution in [0.4, 0.5) is 0 Å². The average Bonchev–Trinajstić information content (AvgIpc) is 2.51. The fraction of sp³-hybridized carbons (Fsp3) is 0.412. The number of rotatable bonds is 0. The Hall–Kier alpha value is -1.74. The maximum Gasteiger partial charge on any atom is 0.192 e. The van der Waals surface area contributed by atoms with Gasteiger partial charge < -0.3 is 4.74 Å². The van der Waals surface area contributed by atoms with Crippen molar-refractivity contribution >= 4 is 11.6 Å². The van der Waals surface area contributed by atoms with Gasteiger partial charge in [-0.05, 0) is 12.8 Å². The smallest absolute Gasteiger partial charge is 0.192 e. The average molecular weight is 268 g/mol. The van der Waals surface area contributed by atoms with Crippen molar-refractivity contribution in [1.29, 1.82) is 0 Å². The molecule has 0 saturated heterocycles. The highest BCUT2D eigenvalue weighted by Crippen LogP contribution is 2.41. The highest BCUT2D eigenvalue weighted by Gasteiger charge is 2.42. The number of Topliss-reactive ketones (excluding diaryl/α,β-unsaturated/α-hetero) is 2. The van der Waals surface area contributed by atoms with E-state index in [0.717, 1.165) is 31.3 Å². The Labute approximate surface area is 117 Å². The van der Waals surface area contributed by atoms with Crippen LogP contribution in [0.1, 0.15) is 46.4 Å². The van der Waals surface area contributed by atoms with Crippen molar-refractivity contribution < 1.29 is 14.3 Å². The maximum atomic E-state index is 12.8. The molecule has 2 aliphatic carbocycles. The minimum Gasteiger partial charge on any atom is -0.373 e. The SMILES string of the molecule is O=C1C2=C(C(=O)c3ccccc31)[C@H]1CCCC[C@H]1OC2. The van der Waals surface area contributed by atoms with Crippen LogP contribution < -0.4 is 0 Å². The third kappa shape index (κ3) is 1.56. The molecule has 20 heavy (non-hydrogen) atoms. The van der Waals surface area contributed by atoms with Crippen molar-refractivity contribution in [3.63, 3.8) is 0 Å². The molecule has 4 rings (SSSR count). The first kappa shape index (κ1) is 12.0. The van der Waals surface area contributed by atoms with E-state index in [-0.39, 0.29) is 23.6 Å². The van der Waals surface area contributed by atoms with E-state index >= 15 is 0 Å². The summed E-state index contributed by atoms with van der Waals surface area (Å²) in [6.07, 6.45) is 4.37.